The molecule has 2 rings (SSSR count). The number of piperidine rings is 1. The third kappa shape index (κ3) is 4.49. The zero-order chi connectivity index (χ0) is 17.7. The predicted octanol–water partition coefficient (Wildman–Crippen LogP) is 1.71. The normalized spacial score (nSPS) is 15.4. The molecule has 0 atom stereocenters. The second-order valence-corrected chi connectivity index (χ2v) is 6.30. The summed E-state index contributed by atoms with van der Waals surface area (Å²) in [5, 5.41) is 7.46. The van der Waals surface area contributed by atoms with E-state index in [2.05, 4.69) is 10.4 Å². The average molecular weight is 336 g/mol. The van der Waals surface area contributed by atoms with Crippen LogP contribution in [0.5, 0.6) is 0 Å². The maximum Gasteiger partial charge on any atom is 0.409 e. The molecule has 7 heteroatoms. The van der Waals surface area contributed by atoms with E-state index in [9.17, 15) is 9.59 Å². The summed E-state index contributed by atoms with van der Waals surface area (Å²) < 4.78 is 6.86. The Morgan fingerprint density at radius 2 is 1.96 bits per heavy atom. The first-order valence-electron chi connectivity index (χ1n) is 8.62. The molecule has 1 aromatic heterocycles. The molecule has 1 N–H and O–H groups in total. The molecule has 7 nitrogen and oxygen atoms in total. The third-order valence-corrected chi connectivity index (χ3v) is 4.65. The summed E-state index contributed by atoms with van der Waals surface area (Å²) in [6.07, 6.45) is 2.46. The highest BCUT2D eigenvalue weighted by atomic mass is 16.6. The maximum atomic E-state index is 12.2. The van der Waals surface area contributed by atoms with Crippen LogP contribution in [0.1, 0.15) is 43.1 Å². The van der Waals surface area contributed by atoms with Gasteiger partial charge in [-0.3, -0.25) is 9.48 Å². The van der Waals surface area contributed by atoms with Crippen LogP contribution >= 0.6 is 0 Å². The van der Waals surface area contributed by atoms with Crippen LogP contribution in [0.15, 0.2) is 0 Å². The number of aromatic nitrogens is 2. The Labute approximate surface area is 143 Å². The minimum absolute atomic E-state index is 0.0623. The van der Waals surface area contributed by atoms with Gasteiger partial charge in [0.1, 0.15) is 0 Å². The molecule has 24 heavy (non-hydrogen) atoms. The lowest BCUT2D eigenvalue weighted by Gasteiger charge is -2.31. The van der Waals surface area contributed by atoms with Gasteiger partial charge >= 0.3 is 6.09 Å². The summed E-state index contributed by atoms with van der Waals surface area (Å²) in [6, 6.07) is 0.138. The SMILES string of the molecule is CCOC(=O)N1CCC(NC(=O)CCc2c(C)nn(C)c2C)CC1. The predicted molar refractivity (Wildman–Crippen MR) is 90.8 cm³/mol. The molecule has 0 aromatic carbocycles. The van der Waals surface area contributed by atoms with Gasteiger partial charge in [0, 0.05) is 38.3 Å². The van der Waals surface area contributed by atoms with Crippen molar-refractivity contribution < 1.29 is 14.3 Å². The first kappa shape index (κ1) is 18.3. The number of nitrogens with zero attached hydrogens (tertiary/aromatic N) is 3. The van der Waals surface area contributed by atoms with E-state index in [0.29, 0.717) is 32.5 Å². The molecule has 1 saturated heterocycles. The highest BCUT2D eigenvalue weighted by Gasteiger charge is 2.24. The minimum Gasteiger partial charge on any atom is -0.450 e. The molecule has 1 fully saturated rings. The van der Waals surface area contributed by atoms with E-state index in [4.69, 9.17) is 4.74 Å². The topological polar surface area (TPSA) is 76.5 Å². The Morgan fingerprint density at radius 3 is 2.50 bits per heavy atom. The molecule has 0 spiro atoms. The van der Waals surface area contributed by atoms with Crippen LogP contribution in [0, 0.1) is 13.8 Å². The molecule has 1 aliphatic heterocycles. The van der Waals surface area contributed by atoms with Crippen molar-refractivity contribution in [1.29, 1.82) is 0 Å². The van der Waals surface area contributed by atoms with Crippen molar-refractivity contribution in [3.8, 4) is 0 Å². The quantitative estimate of drug-likeness (QED) is 0.888. The summed E-state index contributed by atoms with van der Waals surface area (Å²) in [5.41, 5.74) is 3.26. The molecule has 1 aliphatic rings. The summed E-state index contributed by atoms with van der Waals surface area (Å²) in [5.74, 6) is 0.0623. The second-order valence-electron chi connectivity index (χ2n) is 6.30. The Hall–Kier alpha value is -2.05. The fourth-order valence-corrected chi connectivity index (χ4v) is 3.14. The van der Waals surface area contributed by atoms with Crippen LogP contribution < -0.4 is 5.32 Å². The number of aryl methyl sites for hydroxylation is 2. The first-order chi connectivity index (χ1) is 11.4. The van der Waals surface area contributed by atoms with E-state index >= 15 is 0 Å². The Bertz CT molecular complexity index is 589. The zero-order valence-corrected chi connectivity index (χ0v) is 15.1. The average Bonchev–Trinajstić information content (AvgIpc) is 2.79. The molecular weight excluding hydrogens is 308 g/mol. The van der Waals surface area contributed by atoms with Gasteiger partial charge in [-0.15, -0.1) is 0 Å². The Balaban J connectivity index is 1.75. The summed E-state index contributed by atoms with van der Waals surface area (Å²) in [7, 11) is 1.92. The molecule has 0 unspecified atom stereocenters. The Kier molecular flexibility index (Phi) is 6.23. The van der Waals surface area contributed by atoms with Crippen molar-refractivity contribution in [3.63, 3.8) is 0 Å². The zero-order valence-electron chi connectivity index (χ0n) is 15.1. The molecule has 1 aromatic rings. The van der Waals surface area contributed by atoms with Gasteiger partial charge < -0.3 is 15.0 Å². The van der Waals surface area contributed by atoms with Gasteiger partial charge in [-0.05, 0) is 45.6 Å². The van der Waals surface area contributed by atoms with E-state index in [1.165, 1.54) is 0 Å². The van der Waals surface area contributed by atoms with Crippen molar-refractivity contribution in [3.05, 3.63) is 17.0 Å². The molecule has 0 radical (unpaired) electrons. The van der Waals surface area contributed by atoms with Crippen molar-refractivity contribution in [2.75, 3.05) is 19.7 Å². The highest BCUT2D eigenvalue weighted by Crippen LogP contribution is 2.15. The number of ether oxygens (including phenoxy) is 1. The number of likely N-dealkylation sites (tertiary alicyclic amines) is 1. The molecule has 0 saturated carbocycles. The smallest absolute Gasteiger partial charge is 0.409 e. The van der Waals surface area contributed by atoms with Crippen LogP contribution in [0.25, 0.3) is 0 Å². The van der Waals surface area contributed by atoms with Gasteiger partial charge in [-0.1, -0.05) is 0 Å². The van der Waals surface area contributed by atoms with Crippen LogP contribution in [0.4, 0.5) is 4.79 Å². The number of rotatable bonds is 5. The number of carbonyl (C=O) groups excluding carboxylic acids is 2. The van der Waals surface area contributed by atoms with Crippen molar-refractivity contribution in [2.45, 2.75) is 52.5 Å². The van der Waals surface area contributed by atoms with Crippen LogP contribution in [-0.2, 0) is 23.0 Å². The number of hydrogen-bond acceptors (Lipinski definition) is 4. The monoisotopic (exact) mass is 336 g/mol. The van der Waals surface area contributed by atoms with Gasteiger partial charge in [0.25, 0.3) is 0 Å². The molecular formula is C17H28N4O3. The fraction of sp³-hybridized carbons (Fsp3) is 0.706. The standard InChI is InChI=1S/C17H28N4O3/c1-5-24-17(23)21-10-8-14(9-11-21)18-16(22)7-6-15-12(2)19-20(4)13(15)3/h14H,5-11H2,1-4H3,(H,18,22). The van der Waals surface area contributed by atoms with E-state index in [0.717, 1.165) is 29.8 Å². The van der Waals surface area contributed by atoms with Crippen LogP contribution in [0.3, 0.4) is 0 Å². The summed E-state index contributed by atoms with van der Waals surface area (Å²) >= 11 is 0. The lowest BCUT2D eigenvalue weighted by Crippen LogP contribution is -2.46. The number of carbonyl (C=O) groups is 2. The molecule has 2 amide bonds. The first-order valence-corrected chi connectivity index (χ1v) is 8.62. The van der Waals surface area contributed by atoms with Gasteiger partial charge in [-0.2, -0.15) is 5.10 Å². The lowest BCUT2D eigenvalue weighted by atomic mass is 10.0. The van der Waals surface area contributed by atoms with Crippen molar-refractivity contribution in [1.82, 2.24) is 20.0 Å². The number of amides is 2. The third-order valence-electron chi connectivity index (χ3n) is 4.65. The van der Waals surface area contributed by atoms with Crippen LogP contribution in [-0.4, -0.2) is 52.4 Å². The number of nitrogens with one attached hydrogen (secondary N) is 1. The molecule has 0 bridgehead atoms. The van der Waals surface area contributed by atoms with E-state index in [1.807, 2.05) is 25.6 Å². The van der Waals surface area contributed by atoms with E-state index in [1.54, 1.807) is 11.8 Å². The van der Waals surface area contributed by atoms with Gasteiger partial charge in [0.15, 0.2) is 0 Å². The van der Waals surface area contributed by atoms with E-state index < -0.39 is 0 Å². The summed E-state index contributed by atoms with van der Waals surface area (Å²) in [4.78, 5) is 25.6. The molecule has 0 aliphatic carbocycles. The van der Waals surface area contributed by atoms with Crippen LogP contribution in [0.2, 0.25) is 0 Å². The van der Waals surface area contributed by atoms with E-state index in [-0.39, 0.29) is 18.0 Å². The fourth-order valence-electron chi connectivity index (χ4n) is 3.14. The van der Waals surface area contributed by atoms with Gasteiger partial charge in [-0.25, -0.2) is 4.79 Å². The van der Waals surface area contributed by atoms with Crippen molar-refractivity contribution >= 4 is 12.0 Å². The minimum atomic E-state index is -0.259. The second kappa shape index (κ2) is 8.17. The van der Waals surface area contributed by atoms with Crippen molar-refractivity contribution in [2.24, 2.45) is 7.05 Å². The lowest BCUT2D eigenvalue weighted by molar-refractivity contribution is -0.122. The maximum absolute atomic E-state index is 12.2. The molecule has 2 heterocycles. The number of hydrogen-bond donors (Lipinski definition) is 1. The molecule has 134 valence electrons. The van der Waals surface area contributed by atoms with Gasteiger partial charge in [0.05, 0.1) is 12.3 Å². The van der Waals surface area contributed by atoms with Gasteiger partial charge in [0.2, 0.25) is 5.91 Å². The Morgan fingerprint density at radius 1 is 1.29 bits per heavy atom. The highest BCUT2D eigenvalue weighted by molar-refractivity contribution is 5.76. The largest absolute Gasteiger partial charge is 0.450 e. The summed E-state index contributed by atoms with van der Waals surface area (Å²) in [6.45, 7) is 7.46.